The third-order valence-corrected chi connectivity index (χ3v) is 6.95. The third-order valence-electron chi connectivity index (χ3n) is 6.95. The van der Waals surface area contributed by atoms with Gasteiger partial charge in [0.2, 0.25) is 5.91 Å². The number of carbonyl (C=O) groups is 2. The lowest BCUT2D eigenvalue weighted by Crippen LogP contribution is -2.41. The zero-order valence-electron chi connectivity index (χ0n) is 16.8. The maximum absolute atomic E-state index is 13.3. The molecule has 1 saturated heterocycles. The number of hydrogen-bond donors (Lipinski definition) is 2. The summed E-state index contributed by atoms with van der Waals surface area (Å²) in [6.07, 6.45) is 8.08. The van der Waals surface area contributed by atoms with E-state index in [-0.39, 0.29) is 12.0 Å². The van der Waals surface area contributed by atoms with Gasteiger partial charge in [-0.1, -0.05) is 12.5 Å². The van der Waals surface area contributed by atoms with Crippen LogP contribution in [0.25, 0.3) is 0 Å². The molecule has 2 aromatic rings. The first-order valence-electron chi connectivity index (χ1n) is 10.7. The Hall–Kier alpha value is -2.90. The molecule has 8 heteroatoms. The molecule has 0 unspecified atom stereocenters. The number of anilines is 2. The van der Waals surface area contributed by atoms with Gasteiger partial charge < -0.3 is 10.2 Å². The van der Waals surface area contributed by atoms with Crippen molar-refractivity contribution in [3.8, 4) is 0 Å². The third kappa shape index (κ3) is 3.55. The second-order valence-electron chi connectivity index (χ2n) is 8.78. The molecule has 0 radical (unpaired) electrons. The minimum atomic E-state index is -0.450. The maximum atomic E-state index is 13.3. The van der Waals surface area contributed by atoms with Crippen molar-refractivity contribution in [3.63, 3.8) is 0 Å². The summed E-state index contributed by atoms with van der Waals surface area (Å²) in [6, 6.07) is 7.17. The first-order chi connectivity index (χ1) is 14.5. The highest BCUT2D eigenvalue weighted by atomic mass is 19.1. The number of nitrogens with zero attached hydrogens (tertiary/aromatic N) is 3. The van der Waals surface area contributed by atoms with Gasteiger partial charge in [0.05, 0.1) is 12.2 Å². The molecule has 0 bridgehead atoms. The Bertz CT molecular complexity index is 962. The van der Waals surface area contributed by atoms with Gasteiger partial charge in [0.25, 0.3) is 0 Å². The van der Waals surface area contributed by atoms with E-state index in [1.807, 2.05) is 9.58 Å². The van der Waals surface area contributed by atoms with Crippen molar-refractivity contribution in [1.29, 1.82) is 0 Å². The van der Waals surface area contributed by atoms with Crippen LogP contribution in [0.5, 0.6) is 0 Å². The van der Waals surface area contributed by atoms with Crippen molar-refractivity contribution in [3.05, 3.63) is 42.3 Å². The van der Waals surface area contributed by atoms with E-state index in [1.165, 1.54) is 31.4 Å². The predicted molar refractivity (Wildman–Crippen MR) is 111 cm³/mol. The topological polar surface area (TPSA) is 79.3 Å². The van der Waals surface area contributed by atoms with E-state index in [1.54, 1.807) is 24.4 Å². The minimum Gasteiger partial charge on any atom is -0.342 e. The molecular formula is C22H26FN5O2. The number of amides is 3. The number of urea groups is 1. The Morgan fingerprint density at radius 3 is 2.60 bits per heavy atom. The van der Waals surface area contributed by atoms with Crippen molar-refractivity contribution in [2.45, 2.75) is 44.6 Å². The smallest absolute Gasteiger partial charge is 0.324 e. The van der Waals surface area contributed by atoms with Crippen molar-refractivity contribution in [2.24, 2.45) is 11.3 Å². The molecule has 2 heterocycles. The van der Waals surface area contributed by atoms with Crippen molar-refractivity contribution >= 4 is 23.4 Å². The highest BCUT2D eigenvalue weighted by Crippen LogP contribution is 2.66. The molecule has 3 fully saturated rings. The quantitative estimate of drug-likeness (QED) is 0.798. The largest absolute Gasteiger partial charge is 0.342 e. The van der Waals surface area contributed by atoms with Crippen LogP contribution in [0.15, 0.2) is 36.5 Å². The Kier molecular flexibility index (Phi) is 4.72. The fourth-order valence-electron chi connectivity index (χ4n) is 4.98. The van der Waals surface area contributed by atoms with E-state index in [9.17, 15) is 14.0 Å². The van der Waals surface area contributed by atoms with Gasteiger partial charge in [-0.3, -0.25) is 10.1 Å². The van der Waals surface area contributed by atoms with Crippen LogP contribution in [-0.4, -0.2) is 39.7 Å². The lowest BCUT2D eigenvalue weighted by molar-refractivity contribution is -0.135. The van der Waals surface area contributed by atoms with Crippen LogP contribution in [-0.2, 0) is 4.79 Å². The first kappa shape index (κ1) is 19.1. The average molecular weight is 411 g/mol. The second kappa shape index (κ2) is 7.41. The Morgan fingerprint density at radius 2 is 1.93 bits per heavy atom. The fourth-order valence-corrected chi connectivity index (χ4v) is 4.98. The zero-order valence-corrected chi connectivity index (χ0v) is 16.8. The molecule has 2 aliphatic carbocycles. The Morgan fingerprint density at radius 1 is 1.13 bits per heavy atom. The van der Waals surface area contributed by atoms with Crippen molar-refractivity contribution in [1.82, 2.24) is 14.7 Å². The Labute approximate surface area is 174 Å². The molecule has 1 spiro atoms. The van der Waals surface area contributed by atoms with E-state index in [4.69, 9.17) is 0 Å². The van der Waals surface area contributed by atoms with Gasteiger partial charge in [-0.15, -0.1) is 0 Å². The van der Waals surface area contributed by atoms with Crippen LogP contribution in [0.3, 0.4) is 0 Å². The molecule has 3 amide bonds. The highest BCUT2D eigenvalue weighted by molar-refractivity contribution is 5.99. The van der Waals surface area contributed by atoms with Crippen LogP contribution in [0.2, 0.25) is 0 Å². The SMILES string of the molecule is O=C(Nc1cccc(F)c1)Nc1ccnn1C1CCN(C(=O)[C@H]2CC23CCC3)CC1. The average Bonchev–Trinajstić information content (AvgIpc) is 3.33. The summed E-state index contributed by atoms with van der Waals surface area (Å²) in [5.74, 6) is 0.774. The van der Waals surface area contributed by atoms with E-state index >= 15 is 0 Å². The molecule has 2 N–H and O–H groups in total. The van der Waals surface area contributed by atoms with Gasteiger partial charge in [-0.25, -0.2) is 13.9 Å². The zero-order chi connectivity index (χ0) is 20.7. The summed E-state index contributed by atoms with van der Waals surface area (Å²) in [5.41, 5.74) is 0.747. The molecule has 1 aromatic heterocycles. The predicted octanol–water partition coefficient (Wildman–Crippen LogP) is 4.02. The van der Waals surface area contributed by atoms with E-state index < -0.39 is 11.8 Å². The summed E-state index contributed by atoms with van der Waals surface area (Å²) in [7, 11) is 0. The summed E-state index contributed by atoms with van der Waals surface area (Å²) in [6.45, 7) is 1.45. The van der Waals surface area contributed by atoms with Crippen LogP contribution in [0.4, 0.5) is 20.7 Å². The van der Waals surface area contributed by atoms with Crippen LogP contribution in [0, 0.1) is 17.2 Å². The van der Waals surface area contributed by atoms with E-state index in [0.29, 0.717) is 22.8 Å². The van der Waals surface area contributed by atoms with Gasteiger partial charge in [0.15, 0.2) is 0 Å². The number of benzene rings is 1. The standard InChI is InChI=1S/C22H26FN5O2/c23-15-3-1-4-16(13-15)25-21(30)26-19-5-10-24-28(19)17-6-11-27(12-7-17)20(29)18-14-22(18)8-2-9-22/h1,3-5,10,13,17-18H,2,6-9,11-12,14H2,(H2,25,26,30)/t18-/m1/s1. The van der Waals surface area contributed by atoms with Crippen molar-refractivity contribution in [2.75, 3.05) is 23.7 Å². The molecule has 7 nitrogen and oxygen atoms in total. The highest BCUT2D eigenvalue weighted by Gasteiger charge is 2.61. The number of likely N-dealkylation sites (tertiary alicyclic amines) is 1. The lowest BCUT2D eigenvalue weighted by Gasteiger charge is -2.34. The van der Waals surface area contributed by atoms with Gasteiger partial charge >= 0.3 is 6.03 Å². The van der Waals surface area contributed by atoms with Crippen molar-refractivity contribution < 1.29 is 14.0 Å². The summed E-state index contributed by atoms with van der Waals surface area (Å²) in [4.78, 5) is 27.1. The fraction of sp³-hybridized carbons (Fsp3) is 0.500. The van der Waals surface area contributed by atoms with Gasteiger partial charge in [-0.2, -0.15) is 5.10 Å². The molecular weight excluding hydrogens is 385 g/mol. The molecule has 5 rings (SSSR count). The van der Waals surface area contributed by atoms with E-state index in [0.717, 1.165) is 32.4 Å². The normalized spacial score (nSPS) is 22.4. The molecule has 30 heavy (non-hydrogen) atoms. The van der Waals surface area contributed by atoms with Crippen LogP contribution < -0.4 is 10.6 Å². The monoisotopic (exact) mass is 411 g/mol. The molecule has 1 aromatic carbocycles. The molecule has 1 atom stereocenters. The molecule has 158 valence electrons. The van der Waals surface area contributed by atoms with Gasteiger partial charge in [0.1, 0.15) is 11.6 Å². The molecule has 1 aliphatic heterocycles. The molecule has 2 saturated carbocycles. The number of aromatic nitrogens is 2. The number of halogens is 1. The molecule has 3 aliphatic rings. The lowest BCUT2D eigenvalue weighted by atomic mass is 9.79. The summed E-state index contributed by atoms with van der Waals surface area (Å²) < 4.78 is 15.1. The van der Waals surface area contributed by atoms with E-state index in [2.05, 4.69) is 15.7 Å². The van der Waals surface area contributed by atoms with Crippen LogP contribution in [0.1, 0.15) is 44.6 Å². The number of hydrogen-bond acceptors (Lipinski definition) is 3. The minimum absolute atomic E-state index is 0.130. The summed E-state index contributed by atoms with van der Waals surface area (Å²) in [5, 5.41) is 9.81. The first-order valence-corrected chi connectivity index (χ1v) is 10.7. The van der Waals surface area contributed by atoms with Crippen LogP contribution >= 0.6 is 0 Å². The second-order valence-corrected chi connectivity index (χ2v) is 8.78. The van der Waals surface area contributed by atoms with Gasteiger partial charge in [-0.05, 0) is 55.7 Å². The number of carbonyl (C=O) groups excluding carboxylic acids is 2. The van der Waals surface area contributed by atoms with Gasteiger partial charge in [0, 0.05) is 30.8 Å². The number of nitrogens with one attached hydrogen (secondary N) is 2. The summed E-state index contributed by atoms with van der Waals surface area (Å²) >= 11 is 0. The number of rotatable bonds is 4. The maximum Gasteiger partial charge on any atom is 0.324 e. The number of piperidine rings is 1. The Balaban J connectivity index is 1.16.